The summed E-state index contributed by atoms with van der Waals surface area (Å²) >= 11 is 0. The smallest absolute Gasteiger partial charge is 0.387 e. The molecular formula is C15H23F2NO. The third-order valence-electron chi connectivity index (χ3n) is 3.28. The van der Waals surface area contributed by atoms with Crippen LogP contribution in [0.3, 0.4) is 0 Å². The van der Waals surface area contributed by atoms with E-state index in [0.29, 0.717) is 18.5 Å². The Morgan fingerprint density at radius 1 is 1.21 bits per heavy atom. The minimum absolute atomic E-state index is 0.251. The fourth-order valence-corrected chi connectivity index (χ4v) is 2.00. The molecule has 2 nitrogen and oxygen atoms in total. The van der Waals surface area contributed by atoms with Crippen LogP contribution >= 0.6 is 0 Å². The first-order valence-electron chi connectivity index (χ1n) is 6.79. The Morgan fingerprint density at radius 3 is 2.53 bits per heavy atom. The van der Waals surface area contributed by atoms with Gasteiger partial charge in [-0.2, -0.15) is 8.78 Å². The number of para-hydroxylation sites is 1. The van der Waals surface area contributed by atoms with Crippen molar-refractivity contribution < 1.29 is 13.5 Å². The largest absolute Gasteiger partial charge is 0.434 e. The van der Waals surface area contributed by atoms with Gasteiger partial charge in [0.15, 0.2) is 0 Å². The van der Waals surface area contributed by atoms with E-state index in [1.54, 1.807) is 18.2 Å². The molecule has 0 aliphatic carbocycles. The van der Waals surface area contributed by atoms with Gasteiger partial charge in [-0.05, 0) is 25.3 Å². The van der Waals surface area contributed by atoms with Crippen LogP contribution in [0, 0.1) is 5.92 Å². The maximum atomic E-state index is 12.3. The molecule has 0 bridgehead atoms. The molecule has 1 rings (SSSR count). The summed E-state index contributed by atoms with van der Waals surface area (Å²) < 4.78 is 29.1. The third kappa shape index (κ3) is 6.01. The number of rotatable bonds is 8. The molecule has 2 unspecified atom stereocenters. The number of halogens is 2. The highest BCUT2D eigenvalue weighted by molar-refractivity contribution is 5.33. The van der Waals surface area contributed by atoms with Gasteiger partial charge < -0.3 is 10.1 Å². The van der Waals surface area contributed by atoms with Gasteiger partial charge in [0.25, 0.3) is 0 Å². The van der Waals surface area contributed by atoms with Gasteiger partial charge in [-0.3, -0.25) is 0 Å². The molecule has 1 N–H and O–H groups in total. The van der Waals surface area contributed by atoms with E-state index in [0.717, 1.165) is 18.4 Å². The zero-order chi connectivity index (χ0) is 14.3. The lowest BCUT2D eigenvalue weighted by molar-refractivity contribution is -0.0505. The van der Waals surface area contributed by atoms with E-state index in [1.165, 1.54) is 0 Å². The Kier molecular flexibility index (Phi) is 6.78. The van der Waals surface area contributed by atoms with E-state index in [1.807, 2.05) is 6.07 Å². The molecule has 108 valence electrons. The molecule has 2 atom stereocenters. The van der Waals surface area contributed by atoms with Gasteiger partial charge in [0.05, 0.1) is 0 Å². The quantitative estimate of drug-likeness (QED) is 0.765. The lowest BCUT2D eigenvalue weighted by atomic mass is 10.0. The fraction of sp³-hybridized carbons (Fsp3) is 0.600. The van der Waals surface area contributed by atoms with Gasteiger partial charge in [-0.15, -0.1) is 0 Å². The second-order valence-corrected chi connectivity index (χ2v) is 5.02. The summed E-state index contributed by atoms with van der Waals surface area (Å²) in [5, 5.41) is 3.35. The van der Waals surface area contributed by atoms with Crippen molar-refractivity contribution in [2.24, 2.45) is 5.92 Å². The minimum Gasteiger partial charge on any atom is -0.434 e. The normalized spacial score (nSPS) is 14.4. The van der Waals surface area contributed by atoms with Crippen molar-refractivity contribution in [2.45, 2.75) is 52.8 Å². The maximum absolute atomic E-state index is 12.3. The number of nitrogens with one attached hydrogen (secondary N) is 1. The van der Waals surface area contributed by atoms with E-state index in [2.05, 4.69) is 30.8 Å². The zero-order valence-corrected chi connectivity index (χ0v) is 11.8. The number of ether oxygens (including phenoxy) is 1. The van der Waals surface area contributed by atoms with Crippen LogP contribution in [0.4, 0.5) is 8.78 Å². The predicted octanol–water partition coefficient (Wildman–Crippen LogP) is 4.20. The van der Waals surface area contributed by atoms with Crippen molar-refractivity contribution >= 4 is 0 Å². The summed E-state index contributed by atoms with van der Waals surface area (Å²) in [4.78, 5) is 0. The van der Waals surface area contributed by atoms with Crippen LogP contribution in [0.15, 0.2) is 24.3 Å². The summed E-state index contributed by atoms with van der Waals surface area (Å²) in [5.41, 5.74) is 0.763. The van der Waals surface area contributed by atoms with Gasteiger partial charge in [-0.1, -0.05) is 38.5 Å². The predicted molar refractivity (Wildman–Crippen MR) is 73.4 cm³/mol. The molecule has 19 heavy (non-hydrogen) atoms. The second kappa shape index (κ2) is 8.10. The topological polar surface area (TPSA) is 21.3 Å². The Hall–Kier alpha value is -1.16. The summed E-state index contributed by atoms with van der Waals surface area (Å²) in [7, 11) is 0. The number of hydrogen-bond donors (Lipinski definition) is 1. The van der Waals surface area contributed by atoms with Crippen LogP contribution in [0.5, 0.6) is 5.75 Å². The number of alkyl halides is 2. The third-order valence-corrected chi connectivity index (χ3v) is 3.28. The summed E-state index contributed by atoms with van der Waals surface area (Å²) in [6.45, 7) is 4.26. The summed E-state index contributed by atoms with van der Waals surface area (Å²) in [5.74, 6) is 0.913. The Labute approximate surface area is 114 Å². The molecule has 0 saturated heterocycles. The highest BCUT2D eigenvalue weighted by Gasteiger charge is 2.11. The van der Waals surface area contributed by atoms with Gasteiger partial charge in [-0.25, -0.2) is 0 Å². The van der Waals surface area contributed by atoms with Gasteiger partial charge in [0.2, 0.25) is 0 Å². The van der Waals surface area contributed by atoms with Crippen LogP contribution < -0.4 is 10.1 Å². The van der Waals surface area contributed by atoms with E-state index in [4.69, 9.17) is 0 Å². The van der Waals surface area contributed by atoms with Crippen LogP contribution in [0.1, 0.15) is 39.2 Å². The molecule has 0 aliphatic rings. The van der Waals surface area contributed by atoms with Crippen molar-refractivity contribution in [3.05, 3.63) is 29.8 Å². The summed E-state index contributed by atoms with van der Waals surface area (Å²) in [6.07, 6.45) is 2.23. The minimum atomic E-state index is -2.78. The van der Waals surface area contributed by atoms with Crippen molar-refractivity contribution in [1.82, 2.24) is 5.32 Å². The van der Waals surface area contributed by atoms with Crippen molar-refractivity contribution in [3.8, 4) is 5.75 Å². The Morgan fingerprint density at radius 2 is 1.89 bits per heavy atom. The molecule has 0 saturated carbocycles. The molecular weight excluding hydrogens is 248 g/mol. The molecule has 0 aliphatic heterocycles. The first-order chi connectivity index (χ1) is 9.02. The average Bonchev–Trinajstić information content (AvgIpc) is 2.37. The van der Waals surface area contributed by atoms with E-state index < -0.39 is 6.61 Å². The van der Waals surface area contributed by atoms with Crippen LogP contribution in [0.25, 0.3) is 0 Å². The molecule has 0 radical (unpaired) electrons. The van der Waals surface area contributed by atoms with Crippen LogP contribution in [-0.2, 0) is 6.54 Å². The molecule has 1 aromatic carbocycles. The molecule has 0 spiro atoms. The van der Waals surface area contributed by atoms with Gasteiger partial charge in [0.1, 0.15) is 5.75 Å². The molecule has 0 heterocycles. The van der Waals surface area contributed by atoms with Crippen LogP contribution in [-0.4, -0.2) is 12.7 Å². The van der Waals surface area contributed by atoms with Crippen LogP contribution in [0.2, 0.25) is 0 Å². The molecule has 0 aromatic heterocycles. The lowest BCUT2D eigenvalue weighted by Gasteiger charge is -2.18. The standard InChI is InChI=1S/C15H23F2NO/c1-4-11(2)9-12(3)18-10-13-7-5-6-8-14(13)19-15(16)17/h5-8,11-12,15,18H,4,9-10H2,1-3H3. The fourth-order valence-electron chi connectivity index (χ4n) is 2.00. The monoisotopic (exact) mass is 271 g/mol. The SMILES string of the molecule is CCC(C)CC(C)NCc1ccccc1OC(F)F. The van der Waals surface area contributed by atoms with Crippen molar-refractivity contribution in [3.63, 3.8) is 0 Å². The lowest BCUT2D eigenvalue weighted by Crippen LogP contribution is -2.27. The first kappa shape index (κ1) is 15.9. The highest BCUT2D eigenvalue weighted by atomic mass is 19.3. The maximum Gasteiger partial charge on any atom is 0.387 e. The molecule has 0 fully saturated rings. The zero-order valence-electron chi connectivity index (χ0n) is 11.8. The second-order valence-electron chi connectivity index (χ2n) is 5.02. The van der Waals surface area contributed by atoms with E-state index in [-0.39, 0.29) is 5.75 Å². The Balaban J connectivity index is 2.52. The first-order valence-corrected chi connectivity index (χ1v) is 6.79. The average molecular weight is 271 g/mol. The van der Waals surface area contributed by atoms with E-state index >= 15 is 0 Å². The summed E-state index contributed by atoms with van der Waals surface area (Å²) in [6, 6.07) is 7.26. The van der Waals surface area contributed by atoms with Gasteiger partial charge >= 0.3 is 6.61 Å². The molecule has 4 heteroatoms. The molecule has 0 amide bonds. The van der Waals surface area contributed by atoms with Crippen molar-refractivity contribution in [2.75, 3.05) is 0 Å². The number of hydrogen-bond acceptors (Lipinski definition) is 2. The Bertz CT molecular complexity index is 371. The number of benzene rings is 1. The highest BCUT2D eigenvalue weighted by Crippen LogP contribution is 2.20. The van der Waals surface area contributed by atoms with Crippen molar-refractivity contribution in [1.29, 1.82) is 0 Å². The van der Waals surface area contributed by atoms with E-state index in [9.17, 15) is 8.78 Å². The molecule has 1 aromatic rings. The van der Waals surface area contributed by atoms with Gasteiger partial charge in [0, 0.05) is 18.2 Å².